The zero-order chi connectivity index (χ0) is 10.9. The summed E-state index contributed by atoms with van der Waals surface area (Å²) in [5.41, 5.74) is 0. The molecule has 88 valence electrons. The van der Waals surface area contributed by atoms with Crippen LogP contribution in [0.3, 0.4) is 0 Å². The van der Waals surface area contributed by atoms with Crippen molar-refractivity contribution in [3.63, 3.8) is 0 Å². The van der Waals surface area contributed by atoms with Gasteiger partial charge in [-0.1, -0.05) is 26.2 Å². The van der Waals surface area contributed by atoms with Crippen molar-refractivity contribution in [3.05, 3.63) is 0 Å². The second-order valence-corrected chi connectivity index (χ2v) is 5.75. The zero-order valence-corrected chi connectivity index (χ0v) is 10.8. The van der Waals surface area contributed by atoms with Crippen LogP contribution >= 0.6 is 8.58 Å². The van der Waals surface area contributed by atoms with E-state index in [4.69, 9.17) is 4.74 Å². The fraction of sp³-hybridized carbons (Fsp3) is 0.917. The van der Waals surface area contributed by atoms with E-state index in [0.29, 0.717) is 6.61 Å². The van der Waals surface area contributed by atoms with Gasteiger partial charge in [0.2, 0.25) is 0 Å². The molecule has 1 atom stereocenters. The van der Waals surface area contributed by atoms with E-state index in [0.717, 1.165) is 27.6 Å². The van der Waals surface area contributed by atoms with E-state index in [-0.39, 0.29) is 11.9 Å². The van der Waals surface area contributed by atoms with E-state index in [2.05, 4.69) is 6.92 Å². The molecule has 0 aromatic rings. The summed E-state index contributed by atoms with van der Waals surface area (Å²) in [6, 6.07) is 0. The molecule has 0 amide bonds. The molecule has 1 aliphatic carbocycles. The lowest BCUT2D eigenvalue weighted by Gasteiger charge is -2.09. The summed E-state index contributed by atoms with van der Waals surface area (Å²) < 4.78 is 5.27. The zero-order valence-electron chi connectivity index (χ0n) is 9.76. The lowest BCUT2D eigenvalue weighted by molar-refractivity contribution is -0.147. The van der Waals surface area contributed by atoms with Crippen LogP contribution in [0.1, 0.15) is 45.4 Å². The Balaban J connectivity index is 1.92. The molecule has 1 unspecified atom stereocenters. The molecule has 0 heterocycles. The molecule has 2 nitrogen and oxygen atoms in total. The van der Waals surface area contributed by atoms with Gasteiger partial charge in [-0.15, -0.1) is 8.58 Å². The van der Waals surface area contributed by atoms with E-state index < -0.39 is 0 Å². The molecular weight excluding hydrogens is 207 g/mol. The lowest BCUT2D eigenvalue weighted by atomic mass is 10.1. The first-order valence-corrected chi connectivity index (χ1v) is 7.63. The summed E-state index contributed by atoms with van der Waals surface area (Å²) in [4.78, 5) is 11.5. The smallest absolute Gasteiger partial charge is 0.308 e. The highest BCUT2D eigenvalue weighted by Crippen LogP contribution is 2.25. The van der Waals surface area contributed by atoms with Crippen molar-refractivity contribution in [2.45, 2.75) is 45.4 Å². The van der Waals surface area contributed by atoms with Crippen LogP contribution in [0.4, 0.5) is 0 Å². The summed E-state index contributed by atoms with van der Waals surface area (Å²) in [5.74, 6) is 0.289. The molecule has 0 N–H and O–H groups in total. The van der Waals surface area contributed by atoms with Gasteiger partial charge < -0.3 is 4.74 Å². The summed E-state index contributed by atoms with van der Waals surface area (Å²) in [7, 11) is 0.972. The van der Waals surface area contributed by atoms with Crippen molar-refractivity contribution in [1.82, 2.24) is 0 Å². The van der Waals surface area contributed by atoms with Crippen molar-refractivity contribution in [2.24, 2.45) is 5.92 Å². The average molecular weight is 230 g/mol. The Morgan fingerprint density at radius 2 is 2.07 bits per heavy atom. The quantitative estimate of drug-likeness (QED) is 0.381. The Morgan fingerprint density at radius 3 is 2.73 bits per heavy atom. The Kier molecular flexibility index (Phi) is 7.00. The fourth-order valence-electron chi connectivity index (χ4n) is 1.93. The minimum Gasteiger partial charge on any atom is -0.465 e. The summed E-state index contributed by atoms with van der Waals surface area (Å²) in [6.07, 6.45) is 9.48. The molecule has 1 saturated carbocycles. The van der Waals surface area contributed by atoms with Gasteiger partial charge in [-0.25, -0.2) is 0 Å². The Morgan fingerprint density at radius 1 is 1.33 bits per heavy atom. The van der Waals surface area contributed by atoms with Crippen molar-refractivity contribution in [1.29, 1.82) is 0 Å². The minimum atomic E-state index is 0.0628. The molecule has 0 radical (unpaired) electrons. The molecule has 0 aliphatic heterocycles. The Bertz CT molecular complexity index is 176. The highest BCUT2D eigenvalue weighted by Gasteiger charge is 2.23. The predicted octanol–water partition coefficient (Wildman–Crippen LogP) is 3.20. The first-order valence-electron chi connectivity index (χ1n) is 6.22. The van der Waals surface area contributed by atoms with Gasteiger partial charge in [0.25, 0.3) is 0 Å². The molecular formula is C12H23O2P. The van der Waals surface area contributed by atoms with Crippen molar-refractivity contribution in [2.75, 3.05) is 18.9 Å². The molecule has 15 heavy (non-hydrogen) atoms. The van der Waals surface area contributed by atoms with Crippen LogP contribution < -0.4 is 0 Å². The molecule has 3 heteroatoms. The van der Waals surface area contributed by atoms with Crippen LogP contribution in [0, 0.1) is 5.92 Å². The summed E-state index contributed by atoms with van der Waals surface area (Å²) in [5, 5.41) is 0. The van der Waals surface area contributed by atoms with E-state index in [9.17, 15) is 4.79 Å². The van der Waals surface area contributed by atoms with Crippen molar-refractivity contribution >= 4 is 14.6 Å². The van der Waals surface area contributed by atoms with Crippen molar-refractivity contribution in [3.8, 4) is 0 Å². The number of carbonyl (C=O) groups is 1. The van der Waals surface area contributed by atoms with Gasteiger partial charge in [0, 0.05) is 0 Å². The van der Waals surface area contributed by atoms with Crippen LogP contribution in [-0.4, -0.2) is 24.9 Å². The first kappa shape index (κ1) is 13.0. The van der Waals surface area contributed by atoms with Crippen LogP contribution in [0.2, 0.25) is 0 Å². The van der Waals surface area contributed by atoms with E-state index in [1.807, 2.05) is 0 Å². The third kappa shape index (κ3) is 5.51. The van der Waals surface area contributed by atoms with Crippen LogP contribution in [0.15, 0.2) is 0 Å². The van der Waals surface area contributed by atoms with Gasteiger partial charge >= 0.3 is 5.97 Å². The molecule has 1 fully saturated rings. The highest BCUT2D eigenvalue weighted by molar-refractivity contribution is 7.37. The predicted molar refractivity (Wildman–Crippen MR) is 65.9 cm³/mol. The van der Waals surface area contributed by atoms with E-state index in [1.165, 1.54) is 31.8 Å². The maximum atomic E-state index is 11.5. The Labute approximate surface area is 94.9 Å². The molecule has 1 rings (SSSR count). The van der Waals surface area contributed by atoms with Crippen LogP contribution in [0.5, 0.6) is 0 Å². The summed E-state index contributed by atoms with van der Waals surface area (Å²) >= 11 is 0. The number of esters is 1. The Hall–Kier alpha value is -0.100. The number of rotatable bonds is 7. The first-order chi connectivity index (χ1) is 7.34. The third-order valence-corrected chi connectivity index (χ3v) is 4.18. The van der Waals surface area contributed by atoms with Gasteiger partial charge in [0.15, 0.2) is 0 Å². The van der Waals surface area contributed by atoms with Gasteiger partial charge in [-0.2, -0.15) is 0 Å². The number of hydrogen-bond acceptors (Lipinski definition) is 2. The van der Waals surface area contributed by atoms with Gasteiger partial charge in [0.05, 0.1) is 12.5 Å². The lowest BCUT2D eigenvalue weighted by Crippen LogP contribution is -2.15. The molecule has 0 bridgehead atoms. The van der Waals surface area contributed by atoms with Crippen LogP contribution in [-0.2, 0) is 9.53 Å². The van der Waals surface area contributed by atoms with Crippen LogP contribution in [0.25, 0.3) is 0 Å². The van der Waals surface area contributed by atoms with Gasteiger partial charge in [-0.3, -0.25) is 4.79 Å². The number of unbranched alkanes of at least 4 members (excludes halogenated alkanes) is 1. The summed E-state index contributed by atoms with van der Waals surface area (Å²) in [6.45, 7) is 2.86. The highest BCUT2D eigenvalue weighted by atomic mass is 31.1. The minimum absolute atomic E-state index is 0.0628. The molecule has 1 aliphatic rings. The maximum absolute atomic E-state index is 11.5. The largest absolute Gasteiger partial charge is 0.465 e. The SMILES string of the molecule is CCCCPCCOC(=O)C1CCCC1. The van der Waals surface area contributed by atoms with Gasteiger partial charge in [-0.05, 0) is 31.6 Å². The molecule has 0 spiro atoms. The fourth-order valence-corrected chi connectivity index (χ4v) is 3.03. The second-order valence-electron chi connectivity index (χ2n) is 4.25. The maximum Gasteiger partial charge on any atom is 0.308 e. The third-order valence-electron chi connectivity index (χ3n) is 2.92. The monoisotopic (exact) mass is 230 g/mol. The van der Waals surface area contributed by atoms with E-state index in [1.54, 1.807) is 0 Å². The van der Waals surface area contributed by atoms with Gasteiger partial charge in [0.1, 0.15) is 0 Å². The molecule has 0 aromatic heterocycles. The number of hydrogen-bond donors (Lipinski definition) is 0. The standard InChI is InChI=1S/C12H23O2P/c1-2-3-9-15-10-8-14-12(13)11-6-4-5-7-11/h11,15H,2-10H2,1H3. The topological polar surface area (TPSA) is 26.3 Å². The average Bonchev–Trinajstić information content (AvgIpc) is 2.76. The van der Waals surface area contributed by atoms with Crippen molar-refractivity contribution < 1.29 is 9.53 Å². The molecule has 0 saturated heterocycles. The normalized spacial score (nSPS) is 17.7. The number of carbonyl (C=O) groups excluding carboxylic acids is 1. The second kappa shape index (κ2) is 8.10. The van der Waals surface area contributed by atoms with E-state index >= 15 is 0 Å². The number of ether oxygens (including phenoxy) is 1. The molecule has 0 aromatic carbocycles.